The molecule has 1 aromatic heterocycles. The van der Waals surface area contributed by atoms with Gasteiger partial charge in [-0.15, -0.1) is 0 Å². The smallest absolute Gasteiger partial charge is 0.255 e. The molecule has 0 bridgehead atoms. The second-order valence-corrected chi connectivity index (χ2v) is 7.65. The van der Waals surface area contributed by atoms with Gasteiger partial charge in [0.05, 0.1) is 22.7 Å². The number of aryl methyl sites for hydroxylation is 2. The van der Waals surface area contributed by atoms with Crippen molar-refractivity contribution in [1.29, 1.82) is 0 Å². The lowest BCUT2D eigenvalue weighted by molar-refractivity contribution is 0.102. The number of aliphatic hydroxyl groups excluding tert-OH is 1. The van der Waals surface area contributed by atoms with Gasteiger partial charge in [-0.3, -0.25) is 4.79 Å². The fourth-order valence-corrected chi connectivity index (χ4v) is 3.68. The average Bonchev–Trinajstić information content (AvgIpc) is 3.09. The Balaban J connectivity index is 1.74. The first-order chi connectivity index (χ1) is 14.5. The van der Waals surface area contributed by atoms with E-state index in [9.17, 15) is 9.90 Å². The molecule has 2 N–H and O–H groups in total. The monoisotopic (exact) mass is 419 g/mol. The average molecular weight is 420 g/mol. The molecular weight excluding hydrogens is 398 g/mol. The fourth-order valence-electron chi connectivity index (χ4n) is 3.46. The maximum absolute atomic E-state index is 12.8. The zero-order valence-electron chi connectivity index (χ0n) is 16.8. The number of benzene rings is 3. The summed E-state index contributed by atoms with van der Waals surface area (Å²) >= 11 is 6.37. The first-order valence-corrected chi connectivity index (χ1v) is 10.1. The normalized spacial score (nSPS) is 11.1. The van der Waals surface area contributed by atoms with E-state index in [2.05, 4.69) is 5.32 Å². The van der Waals surface area contributed by atoms with Crippen molar-refractivity contribution >= 4 is 34.2 Å². The van der Waals surface area contributed by atoms with Crippen LogP contribution < -0.4 is 5.32 Å². The number of aliphatic hydroxyl groups is 1. The van der Waals surface area contributed by atoms with E-state index in [1.165, 1.54) is 5.56 Å². The van der Waals surface area contributed by atoms with Gasteiger partial charge in [0, 0.05) is 23.4 Å². The van der Waals surface area contributed by atoms with Crippen LogP contribution in [0.2, 0.25) is 5.02 Å². The van der Waals surface area contributed by atoms with Crippen LogP contribution in [0.1, 0.15) is 21.5 Å². The third kappa shape index (κ3) is 3.82. The molecule has 1 heterocycles. The molecule has 0 aliphatic rings. The Kier molecular flexibility index (Phi) is 5.57. The second-order valence-electron chi connectivity index (χ2n) is 7.25. The van der Waals surface area contributed by atoms with E-state index in [0.29, 0.717) is 23.0 Å². The molecule has 0 radical (unpaired) electrons. The number of rotatable bonds is 5. The lowest BCUT2D eigenvalue weighted by atomic mass is 10.1. The number of aromatic nitrogens is 2. The molecule has 152 valence electrons. The summed E-state index contributed by atoms with van der Waals surface area (Å²) in [5.74, 6) is 0.465. The van der Waals surface area contributed by atoms with Crippen molar-refractivity contribution in [3.8, 4) is 11.4 Å². The zero-order chi connectivity index (χ0) is 21.3. The predicted octanol–water partition coefficient (Wildman–Crippen LogP) is 5.22. The van der Waals surface area contributed by atoms with Gasteiger partial charge in [-0.2, -0.15) is 0 Å². The standard InChI is InChI=1S/C24H22ClN3O2/c1-15-7-9-18(13-16(15)2)26-24(30)17-8-10-21-22(14-17)28(11-12-29)23(27-21)19-5-3-4-6-20(19)25/h3-10,13-14,29H,11-12H2,1-2H3,(H,26,30). The Morgan fingerprint density at radius 2 is 1.87 bits per heavy atom. The van der Waals surface area contributed by atoms with E-state index < -0.39 is 0 Å². The van der Waals surface area contributed by atoms with Crippen molar-refractivity contribution in [2.45, 2.75) is 20.4 Å². The van der Waals surface area contributed by atoms with Crippen molar-refractivity contribution in [2.24, 2.45) is 0 Å². The van der Waals surface area contributed by atoms with Crippen LogP contribution in [0.15, 0.2) is 60.7 Å². The van der Waals surface area contributed by atoms with Crippen LogP contribution >= 0.6 is 11.6 Å². The number of hydrogen-bond acceptors (Lipinski definition) is 3. The van der Waals surface area contributed by atoms with E-state index in [1.54, 1.807) is 12.1 Å². The number of carbonyl (C=O) groups is 1. The van der Waals surface area contributed by atoms with Crippen LogP contribution in [0.3, 0.4) is 0 Å². The van der Waals surface area contributed by atoms with Gasteiger partial charge in [0.15, 0.2) is 0 Å². The highest BCUT2D eigenvalue weighted by atomic mass is 35.5. The van der Waals surface area contributed by atoms with Crippen LogP contribution in [0, 0.1) is 13.8 Å². The SMILES string of the molecule is Cc1ccc(NC(=O)c2ccc3nc(-c4ccccc4Cl)n(CCO)c3c2)cc1C. The van der Waals surface area contributed by atoms with E-state index in [4.69, 9.17) is 16.6 Å². The summed E-state index contributed by atoms with van der Waals surface area (Å²) in [6, 6.07) is 18.7. The molecule has 4 aromatic rings. The fraction of sp³-hybridized carbons (Fsp3) is 0.167. The highest BCUT2D eigenvalue weighted by Crippen LogP contribution is 2.30. The number of hydrogen-bond donors (Lipinski definition) is 2. The molecule has 5 nitrogen and oxygen atoms in total. The molecular formula is C24H22ClN3O2. The lowest BCUT2D eigenvalue weighted by Crippen LogP contribution is -2.12. The maximum atomic E-state index is 12.8. The number of halogens is 1. The molecule has 0 spiro atoms. The van der Waals surface area contributed by atoms with Gasteiger partial charge < -0.3 is 15.0 Å². The number of nitrogens with zero attached hydrogens (tertiary/aromatic N) is 2. The third-order valence-electron chi connectivity index (χ3n) is 5.21. The van der Waals surface area contributed by atoms with Gasteiger partial charge in [0.2, 0.25) is 0 Å². The summed E-state index contributed by atoms with van der Waals surface area (Å²) in [5, 5.41) is 13.1. The Morgan fingerprint density at radius 1 is 1.07 bits per heavy atom. The number of fused-ring (bicyclic) bond motifs is 1. The minimum Gasteiger partial charge on any atom is -0.395 e. The third-order valence-corrected chi connectivity index (χ3v) is 5.54. The molecule has 30 heavy (non-hydrogen) atoms. The molecule has 0 saturated carbocycles. The summed E-state index contributed by atoms with van der Waals surface area (Å²) in [5.41, 5.74) is 5.86. The molecule has 0 aliphatic heterocycles. The molecule has 3 aromatic carbocycles. The molecule has 0 saturated heterocycles. The molecule has 4 rings (SSSR count). The Morgan fingerprint density at radius 3 is 2.60 bits per heavy atom. The molecule has 1 amide bonds. The van der Waals surface area contributed by atoms with E-state index in [1.807, 2.05) is 66.9 Å². The predicted molar refractivity (Wildman–Crippen MR) is 121 cm³/mol. The molecule has 0 atom stereocenters. The number of anilines is 1. The topological polar surface area (TPSA) is 67.2 Å². The summed E-state index contributed by atoms with van der Waals surface area (Å²) in [7, 11) is 0. The Labute approximate surface area is 179 Å². The first kappa shape index (κ1) is 20.1. The second kappa shape index (κ2) is 8.30. The van der Waals surface area contributed by atoms with Crippen molar-refractivity contribution in [3.05, 3.63) is 82.4 Å². The highest BCUT2D eigenvalue weighted by Gasteiger charge is 2.17. The molecule has 0 fully saturated rings. The van der Waals surface area contributed by atoms with Crippen molar-refractivity contribution in [3.63, 3.8) is 0 Å². The summed E-state index contributed by atoms with van der Waals surface area (Å²) in [4.78, 5) is 17.5. The summed E-state index contributed by atoms with van der Waals surface area (Å²) in [6.07, 6.45) is 0. The number of carbonyl (C=O) groups excluding carboxylic acids is 1. The van der Waals surface area contributed by atoms with Crippen molar-refractivity contribution < 1.29 is 9.90 Å². The van der Waals surface area contributed by atoms with Crippen LogP contribution in [-0.4, -0.2) is 27.2 Å². The largest absolute Gasteiger partial charge is 0.395 e. The summed E-state index contributed by atoms with van der Waals surface area (Å²) < 4.78 is 1.89. The number of amides is 1. The van der Waals surface area contributed by atoms with Gasteiger partial charge in [0.25, 0.3) is 5.91 Å². The van der Waals surface area contributed by atoms with Crippen LogP contribution in [-0.2, 0) is 6.54 Å². The minimum absolute atomic E-state index is 0.0536. The molecule has 6 heteroatoms. The number of imidazole rings is 1. The van der Waals surface area contributed by atoms with Crippen LogP contribution in [0.25, 0.3) is 22.4 Å². The van der Waals surface area contributed by atoms with Crippen molar-refractivity contribution in [2.75, 3.05) is 11.9 Å². The van der Waals surface area contributed by atoms with Gasteiger partial charge >= 0.3 is 0 Å². The van der Waals surface area contributed by atoms with E-state index in [-0.39, 0.29) is 12.5 Å². The van der Waals surface area contributed by atoms with Crippen LogP contribution in [0.5, 0.6) is 0 Å². The minimum atomic E-state index is -0.198. The van der Waals surface area contributed by atoms with Crippen molar-refractivity contribution in [1.82, 2.24) is 9.55 Å². The Hall–Kier alpha value is -3.15. The lowest BCUT2D eigenvalue weighted by Gasteiger charge is -2.10. The van der Waals surface area contributed by atoms with E-state index in [0.717, 1.165) is 27.8 Å². The quantitative estimate of drug-likeness (QED) is 0.466. The first-order valence-electron chi connectivity index (χ1n) is 9.72. The van der Waals surface area contributed by atoms with Crippen LogP contribution in [0.4, 0.5) is 5.69 Å². The van der Waals surface area contributed by atoms with E-state index >= 15 is 0 Å². The molecule has 0 aliphatic carbocycles. The van der Waals surface area contributed by atoms with Gasteiger partial charge in [0.1, 0.15) is 5.82 Å². The summed E-state index contributed by atoms with van der Waals surface area (Å²) in [6.45, 7) is 4.34. The van der Waals surface area contributed by atoms with Gasteiger partial charge in [-0.05, 0) is 67.4 Å². The number of nitrogens with one attached hydrogen (secondary N) is 1. The molecule has 0 unspecified atom stereocenters. The zero-order valence-corrected chi connectivity index (χ0v) is 17.6. The Bertz CT molecular complexity index is 1250. The van der Waals surface area contributed by atoms with Gasteiger partial charge in [-0.25, -0.2) is 4.98 Å². The van der Waals surface area contributed by atoms with Gasteiger partial charge in [-0.1, -0.05) is 29.8 Å². The maximum Gasteiger partial charge on any atom is 0.255 e. The highest BCUT2D eigenvalue weighted by molar-refractivity contribution is 6.33.